The molecule has 88 valence electrons. The van der Waals surface area contributed by atoms with E-state index in [-0.39, 0.29) is 10.0 Å². The van der Waals surface area contributed by atoms with Crippen LogP contribution in [0, 0.1) is 0 Å². The predicted molar refractivity (Wildman–Crippen MR) is 65.5 cm³/mol. The van der Waals surface area contributed by atoms with Gasteiger partial charge < -0.3 is 15.6 Å². The number of thiazole rings is 1. The van der Waals surface area contributed by atoms with E-state index in [0.29, 0.717) is 17.0 Å². The largest absolute Gasteiger partial charge is 0.496 e. The van der Waals surface area contributed by atoms with Gasteiger partial charge in [0.15, 0.2) is 5.13 Å². The fraction of sp³-hybridized carbons (Fsp3) is 0.0909. The first kappa shape index (κ1) is 11.4. The van der Waals surface area contributed by atoms with Crippen molar-refractivity contribution in [2.24, 2.45) is 0 Å². The van der Waals surface area contributed by atoms with Crippen LogP contribution in [0.2, 0.25) is 0 Å². The van der Waals surface area contributed by atoms with Crippen molar-refractivity contribution in [3.05, 3.63) is 29.1 Å². The Kier molecular flexibility index (Phi) is 2.97. The number of nitrogens with zero attached hydrogens (tertiary/aromatic N) is 1. The number of aromatic carboxylic acids is 1. The van der Waals surface area contributed by atoms with Gasteiger partial charge in [-0.05, 0) is 12.1 Å². The molecule has 1 aromatic carbocycles. The van der Waals surface area contributed by atoms with Gasteiger partial charge in [-0.3, -0.25) is 0 Å². The predicted octanol–water partition coefficient (Wildman–Crippen LogP) is 2.10. The van der Waals surface area contributed by atoms with Gasteiger partial charge in [-0.2, -0.15) is 0 Å². The molecule has 1 aromatic heterocycles. The molecule has 6 heteroatoms. The van der Waals surface area contributed by atoms with E-state index in [0.717, 1.165) is 11.3 Å². The molecule has 17 heavy (non-hydrogen) atoms. The normalized spacial score (nSPS) is 10.2. The molecule has 0 aliphatic rings. The van der Waals surface area contributed by atoms with Crippen LogP contribution in [-0.4, -0.2) is 23.2 Å². The van der Waals surface area contributed by atoms with Gasteiger partial charge >= 0.3 is 5.97 Å². The zero-order valence-electron chi connectivity index (χ0n) is 9.01. The Hall–Kier alpha value is -2.08. The van der Waals surface area contributed by atoms with Crippen molar-refractivity contribution >= 4 is 22.4 Å². The van der Waals surface area contributed by atoms with Crippen LogP contribution in [0.15, 0.2) is 24.3 Å². The topological polar surface area (TPSA) is 85.4 Å². The Bertz CT molecular complexity index is 566. The maximum absolute atomic E-state index is 11.1. The lowest BCUT2D eigenvalue weighted by molar-refractivity contribution is 0.0702. The van der Waals surface area contributed by atoms with E-state index in [4.69, 9.17) is 15.6 Å². The van der Waals surface area contributed by atoms with Crippen LogP contribution >= 0.6 is 11.3 Å². The number of carbonyl (C=O) groups is 1. The molecule has 1 heterocycles. The molecule has 0 amide bonds. The van der Waals surface area contributed by atoms with Gasteiger partial charge in [0.1, 0.15) is 16.3 Å². The number of hydrogen-bond donors (Lipinski definition) is 2. The van der Waals surface area contributed by atoms with E-state index in [1.165, 1.54) is 7.11 Å². The molecular formula is C11H10N2O3S. The molecular weight excluding hydrogens is 240 g/mol. The lowest BCUT2D eigenvalue weighted by Gasteiger charge is -2.06. The number of rotatable bonds is 3. The highest BCUT2D eigenvalue weighted by molar-refractivity contribution is 7.17. The van der Waals surface area contributed by atoms with Crippen molar-refractivity contribution in [1.82, 2.24) is 4.98 Å². The molecule has 0 radical (unpaired) electrons. The third kappa shape index (κ3) is 2.07. The summed E-state index contributed by atoms with van der Waals surface area (Å²) < 4.78 is 5.17. The summed E-state index contributed by atoms with van der Waals surface area (Å²) >= 11 is 0.948. The molecule has 5 nitrogen and oxygen atoms in total. The Morgan fingerprint density at radius 3 is 2.82 bits per heavy atom. The number of benzene rings is 1. The van der Waals surface area contributed by atoms with Gasteiger partial charge in [0.05, 0.1) is 7.11 Å². The van der Waals surface area contributed by atoms with Crippen molar-refractivity contribution in [2.45, 2.75) is 0 Å². The van der Waals surface area contributed by atoms with Crippen LogP contribution in [0.3, 0.4) is 0 Å². The fourth-order valence-corrected chi connectivity index (χ4v) is 2.19. The minimum Gasteiger partial charge on any atom is -0.496 e. The van der Waals surface area contributed by atoms with E-state index < -0.39 is 5.97 Å². The lowest BCUT2D eigenvalue weighted by atomic mass is 10.1. The van der Waals surface area contributed by atoms with Gasteiger partial charge in [-0.25, -0.2) is 9.78 Å². The third-order valence-corrected chi connectivity index (χ3v) is 3.07. The molecule has 0 aliphatic carbocycles. The Balaban J connectivity index is 2.63. The average molecular weight is 250 g/mol. The molecule has 0 saturated carbocycles. The van der Waals surface area contributed by atoms with Gasteiger partial charge in [0.25, 0.3) is 0 Å². The van der Waals surface area contributed by atoms with Crippen LogP contribution < -0.4 is 10.5 Å². The minimum atomic E-state index is -1.04. The number of nitrogens with two attached hydrogens (primary N) is 1. The van der Waals surface area contributed by atoms with Gasteiger partial charge in [-0.1, -0.05) is 23.5 Å². The highest BCUT2D eigenvalue weighted by Crippen LogP contribution is 2.35. The average Bonchev–Trinajstić information content (AvgIpc) is 2.71. The van der Waals surface area contributed by atoms with E-state index in [2.05, 4.69) is 4.98 Å². The number of anilines is 1. The van der Waals surface area contributed by atoms with Crippen molar-refractivity contribution < 1.29 is 14.6 Å². The first-order valence-corrected chi connectivity index (χ1v) is 5.58. The molecule has 3 N–H and O–H groups in total. The van der Waals surface area contributed by atoms with Crippen molar-refractivity contribution in [2.75, 3.05) is 12.8 Å². The van der Waals surface area contributed by atoms with E-state index in [9.17, 15) is 4.79 Å². The second-order valence-corrected chi connectivity index (χ2v) is 4.27. The summed E-state index contributed by atoms with van der Waals surface area (Å²) in [5, 5.41) is 9.30. The lowest BCUT2D eigenvalue weighted by Crippen LogP contribution is -1.97. The minimum absolute atomic E-state index is 0.118. The molecule has 0 bridgehead atoms. The van der Waals surface area contributed by atoms with Gasteiger partial charge in [0.2, 0.25) is 0 Å². The molecule has 2 rings (SSSR count). The number of ether oxygens (including phenoxy) is 1. The van der Waals surface area contributed by atoms with Gasteiger partial charge in [-0.15, -0.1) is 0 Å². The van der Waals surface area contributed by atoms with Crippen LogP contribution in [0.5, 0.6) is 5.75 Å². The maximum Gasteiger partial charge on any atom is 0.348 e. The summed E-state index contributed by atoms with van der Waals surface area (Å²) in [6.45, 7) is 0. The van der Waals surface area contributed by atoms with Crippen molar-refractivity contribution in [3.8, 4) is 17.0 Å². The Labute approximate surface area is 101 Å². The Morgan fingerprint density at radius 2 is 2.18 bits per heavy atom. The van der Waals surface area contributed by atoms with Crippen molar-refractivity contribution in [1.29, 1.82) is 0 Å². The summed E-state index contributed by atoms with van der Waals surface area (Å²) in [6, 6.07) is 7.09. The molecule has 0 atom stereocenters. The van der Waals surface area contributed by atoms with Crippen LogP contribution in [0.4, 0.5) is 5.13 Å². The summed E-state index contributed by atoms with van der Waals surface area (Å²) in [6.07, 6.45) is 0. The monoisotopic (exact) mass is 250 g/mol. The number of carboxylic acids is 1. The fourth-order valence-electron chi connectivity index (χ4n) is 1.50. The standard InChI is InChI=1S/C11H10N2O3S/c1-16-7-5-3-2-4-6(7)8-9(10(14)15)17-11(12)13-8/h2-5H,1H3,(H2,12,13)(H,14,15). The van der Waals surface area contributed by atoms with Crippen LogP contribution in [0.25, 0.3) is 11.3 Å². The second-order valence-electron chi connectivity index (χ2n) is 3.24. The first-order chi connectivity index (χ1) is 8.13. The number of methoxy groups -OCH3 is 1. The highest BCUT2D eigenvalue weighted by atomic mass is 32.1. The van der Waals surface area contributed by atoms with Crippen LogP contribution in [-0.2, 0) is 0 Å². The molecule has 0 saturated heterocycles. The number of aromatic nitrogens is 1. The number of nitrogen functional groups attached to an aromatic ring is 1. The van der Waals surface area contributed by atoms with Crippen molar-refractivity contribution in [3.63, 3.8) is 0 Å². The van der Waals surface area contributed by atoms with Crippen LogP contribution in [0.1, 0.15) is 9.67 Å². The second kappa shape index (κ2) is 4.42. The number of carboxylic acid groups (broad SMARTS) is 1. The number of para-hydroxylation sites is 1. The quantitative estimate of drug-likeness (QED) is 0.871. The molecule has 0 aliphatic heterocycles. The van der Waals surface area contributed by atoms with Gasteiger partial charge in [0, 0.05) is 5.56 Å². The molecule has 2 aromatic rings. The first-order valence-electron chi connectivity index (χ1n) is 4.76. The highest BCUT2D eigenvalue weighted by Gasteiger charge is 2.20. The zero-order valence-corrected chi connectivity index (χ0v) is 9.82. The van der Waals surface area contributed by atoms with E-state index in [1.807, 2.05) is 0 Å². The van der Waals surface area contributed by atoms with E-state index in [1.54, 1.807) is 24.3 Å². The molecule has 0 fully saturated rings. The zero-order chi connectivity index (χ0) is 12.4. The van der Waals surface area contributed by atoms with E-state index >= 15 is 0 Å². The molecule has 0 spiro atoms. The smallest absolute Gasteiger partial charge is 0.348 e. The molecule has 0 unspecified atom stereocenters. The Morgan fingerprint density at radius 1 is 1.47 bits per heavy atom. The summed E-state index contributed by atoms with van der Waals surface area (Å²) in [7, 11) is 1.52. The number of hydrogen-bond acceptors (Lipinski definition) is 5. The summed E-state index contributed by atoms with van der Waals surface area (Å²) in [5.74, 6) is -0.472. The summed E-state index contributed by atoms with van der Waals surface area (Å²) in [4.78, 5) is 15.2. The maximum atomic E-state index is 11.1. The SMILES string of the molecule is COc1ccccc1-c1nc(N)sc1C(=O)O. The summed E-state index contributed by atoms with van der Waals surface area (Å²) in [5.41, 5.74) is 6.52. The third-order valence-electron chi connectivity index (χ3n) is 2.20.